The van der Waals surface area contributed by atoms with E-state index in [9.17, 15) is 4.79 Å². The van der Waals surface area contributed by atoms with Gasteiger partial charge in [0, 0.05) is 18.5 Å². The summed E-state index contributed by atoms with van der Waals surface area (Å²) in [4.78, 5) is 13.8. The van der Waals surface area contributed by atoms with Crippen molar-refractivity contribution in [1.29, 1.82) is 0 Å². The second kappa shape index (κ2) is 5.77. The van der Waals surface area contributed by atoms with E-state index in [4.69, 9.17) is 15.7 Å². The molecule has 1 saturated heterocycles. The minimum atomic E-state index is -0.323. The standard InChI is InChI=1S/C13H25N3O3/c1-12(2,3)19-9-10(17)16-7-5-13(4,6-8-16)11(14)15-18/h18H,5-9H2,1-4H3,(H2,14,15). The Balaban J connectivity index is 2.48. The van der Waals surface area contributed by atoms with Gasteiger partial charge in [-0.2, -0.15) is 0 Å². The van der Waals surface area contributed by atoms with Gasteiger partial charge >= 0.3 is 0 Å². The summed E-state index contributed by atoms with van der Waals surface area (Å²) < 4.78 is 5.49. The smallest absolute Gasteiger partial charge is 0.248 e. The molecule has 1 heterocycles. The lowest BCUT2D eigenvalue weighted by Gasteiger charge is -2.38. The van der Waals surface area contributed by atoms with Crippen molar-refractivity contribution < 1.29 is 14.7 Å². The van der Waals surface area contributed by atoms with Crippen molar-refractivity contribution in [3.05, 3.63) is 0 Å². The predicted molar refractivity (Wildman–Crippen MR) is 73.0 cm³/mol. The van der Waals surface area contributed by atoms with Crippen molar-refractivity contribution in [3.8, 4) is 0 Å². The summed E-state index contributed by atoms with van der Waals surface area (Å²) in [6, 6.07) is 0. The molecule has 0 aromatic rings. The SMILES string of the molecule is CC(C)(C)OCC(=O)N1CCC(C)(C(N)=NO)CC1. The van der Waals surface area contributed by atoms with Gasteiger partial charge in [-0.05, 0) is 33.6 Å². The number of nitrogens with zero attached hydrogens (tertiary/aromatic N) is 2. The van der Waals surface area contributed by atoms with Crippen LogP contribution in [0.4, 0.5) is 0 Å². The first kappa shape index (κ1) is 15.8. The molecule has 0 aliphatic carbocycles. The minimum Gasteiger partial charge on any atom is -0.409 e. The molecule has 0 bridgehead atoms. The molecule has 1 aliphatic rings. The van der Waals surface area contributed by atoms with E-state index in [-0.39, 0.29) is 29.4 Å². The van der Waals surface area contributed by atoms with Gasteiger partial charge in [-0.15, -0.1) is 0 Å². The van der Waals surface area contributed by atoms with E-state index >= 15 is 0 Å². The van der Waals surface area contributed by atoms with Crippen LogP contribution in [0.3, 0.4) is 0 Å². The predicted octanol–water partition coefficient (Wildman–Crippen LogP) is 1.18. The molecule has 0 saturated carbocycles. The average Bonchev–Trinajstić information content (AvgIpc) is 2.35. The molecule has 1 aliphatic heterocycles. The average molecular weight is 271 g/mol. The topological polar surface area (TPSA) is 88.2 Å². The normalized spacial score (nSPS) is 20.4. The Morgan fingerprint density at radius 3 is 2.37 bits per heavy atom. The number of piperidine rings is 1. The van der Waals surface area contributed by atoms with Gasteiger partial charge in [0.1, 0.15) is 12.4 Å². The van der Waals surface area contributed by atoms with Crippen LogP contribution < -0.4 is 5.73 Å². The van der Waals surface area contributed by atoms with Gasteiger partial charge in [0.2, 0.25) is 5.91 Å². The Bertz CT molecular complexity index is 353. The Morgan fingerprint density at radius 1 is 1.42 bits per heavy atom. The number of amides is 1. The molecular weight excluding hydrogens is 246 g/mol. The van der Waals surface area contributed by atoms with Gasteiger partial charge < -0.3 is 20.6 Å². The lowest BCUT2D eigenvalue weighted by Crippen LogP contribution is -2.48. The van der Waals surface area contributed by atoms with Crippen molar-refractivity contribution in [2.45, 2.75) is 46.1 Å². The van der Waals surface area contributed by atoms with Crippen molar-refractivity contribution >= 4 is 11.7 Å². The highest BCUT2D eigenvalue weighted by atomic mass is 16.5. The van der Waals surface area contributed by atoms with Crippen LogP contribution >= 0.6 is 0 Å². The lowest BCUT2D eigenvalue weighted by atomic mass is 9.79. The molecule has 6 heteroatoms. The van der Waals surface area contributed by atoms with E-state index < -0.39 is 0 Å². The van der Waals surface area contributed by atoms with E-state index in [1.165, 1.54) is 0 Å². The first-order valence-electron chi connectivity index (χ1n) is 6.58. The summed E-state index contributed by atoms with van der Waals surface area (Å²) in [5.74, 6) is 0.238. The zero-order valence-electron chi connectivity index (χ0n) is 12.3. The number of hydrogen-bond acceptors (Lipinski definition) is 4. The summed E-state index contributed by atoms with van der Waals surface area (Å²) in [6.45, 7) is 9.04. The molecule has 0 atom stereocenters. The zero-order chi connectivity index (χ0) is 14.7. The van der Waals surface area contributed by atoms with E-state index in [1.54, 1.807) is 4.90 Å². The van der Waals surface area contributed by atoms with Crippen molar-refractivity contribution in [2.75, 3.05) is 19.7 Å². The van der Waals surface area contributed by atoms with E-state index in [0.29, 0.717) is 25.9 Å². The third kappa shape index (κ3) is 4.38. The number of carbonyl (C=O) groups excluding carboxylic acids is 1. The largest absolute Gasteiger partial charge is 0.409 e. The monoisotopic (exact) mass is 271 g/mol. The fraction of sp³-hybridized carbons (Fsp3) is 0.846. The molecule has 0 aromatic heterocycles. The molecule has 19 heavy (non-hydrogen) atoms. The molecule has 0 radical (unpaired) electrons. The summed E-state index contributed by atoms with van der Waals surface area (Å²) in [5, 5.41) is 11.9. The number of ether oxygens (including phenoxy) is 1. The molecule has 0 spiro atoms. The maximum absolute atomic E-state index is 12.0. The molecule has 3 N–H and O–H groups in total. The van der Waals surface area contributed by atoms with Crippen LogP contribution in [-0.2, 0) is 9.53 Å². The minimum absolute atomic E-state index is 0.00326. The van der Waals surface area contributed by atoms with Gasteiger partial charge in [-0.3, -0.25) is 4.79 Å². The molecule has 110 valence electrons. The molecule has 1 fully saturated rings. The second-order valence-electron chi connectivity index (χ2n) is 6.33. The van der Waals surface area contributed by atoms with Gasteiger partial charge in [0.25, 0.3) is 0 Å². The molecule has 6 nitrogen and oxygen atoms in total. The van der Waals surface area contributed by atoms with Crippen LogP contribution in [0, 0.1) is 5.41 Å². The Kier molecular flexibility index (Phi) is 4.79. The van der Waals surface area contributed by atoms with E-state index in [1.807, 2.05) is 27.7 Å². The highest BCUT2D eigenvalue weighted by Gasteiger charge is 2.35. The van der Waals surface area contributed by atoms with E-state index in [0.717, 1.165) is 0 Å². The van der Waals surface area contributed by atoms with Gasteiger partial charge in [0.15, 0.2) is 0 Å². The fourth-order valence-electron chi connectivity index (χ4n) is 2.00. The molecule has 1 amide bonds. The maximum atomic E-state index is 12.0. The summed E-state index contributed by atoms with van der Waals surface area (Å²) in [6.07, 6.45) is 1.40. The molecule has 0 unspecified atom stereocenters. The van der Waals surface area contributed by atoms with Crippen LogP contribution in [0.2, 0.25) is 0 Å². The second-order valence-corrected chi connectivity index (χ2v) is 6.33. The summed E-state index contributed by atoms with van der Waals surface area (Å²) >= 11 is 0. The van der Waals surface area contributed by atoms with Gasteiger partial charge in [0.05, 0.1) is 5.60 Å². The zero-order valence-corrected chi connectivity index (χ0v) is 12.3. The van der Waals surface area contributed by atoms with Crippen LogP contribution in [0.5, 0.6) is 0 Å². The van der Waals surface area contributed by atoms with Crippen LogP contribution in [0.25, 0.3) is 0 Å². The number of nitrogens with two attached hydrogens (primary N) is 1. The number of oxime groups is 1. The first-order chi connectivity index (χ1) is 8.68. The highest BCUT2D eigenvalue weighted by Crippen LogP contribution is 2.31. The number of amidine groups is 1. The van der Waals surface area contributed by atoms with Crippen molar-refractivity contribution in [3.63, 3.8) is 0 Å². The first-order valence-corrected chi connectivity index (χ1v) is 6.58. The number of likely N-dealkylation sites (tertiary alicyclic amines) is 1. The third-order valence-corrected chi connectivity index (χ3v) is 3.57. The Hall–Kier alpha value is -1.30. The van der Waals surface area contributed by atoms with Crippen LogP contribution in [0.1, 0.15) is 40.5 Å². The number of rotatable bonds is 3. The lowest BCUT2D eigenvalue weighted by molar-refractivity contribution is -0.142. The van der Waals surface area contributed by atoms with Gasteiger partial charge in [-0.25, -0.2) is 0 Å². The third-order valence-electron chi connectivity index (χ3n) is 3.57. The van der Waals surface area contributed by atoms with Crippen LogP contribution in [-0.4, -0.2) is 47.1 Å². The number of carbonyl (C=O) groups is 1. The fourth-order valence-corrected chi connectivity index (χ4v) is 2.00. The van der Waals surface area contributed by atoms with E-state index in [2.05, 4.69) is 5.16 Å². The van der Waals surface area contributed by atoms with Crippen molar-refractivity contribution in [1.82, 2.24) is 4.90 Å². The van der Waals surface area contributed by atoms with Crippen LogP contribution in [0.15, 0.2) is 5.16 Å². The summed E-state index contributed by atoms with van der Waals surface area (Å²) in [7, 11) is 0. The molecular formula is C13H25N3O3. The quantitative estimate of drug-likeness (QED) is 0.349. The Morgan fingerprint density at radius 2 is 1.95 bits per heavy atom. The van der Waals surface area contributed by atoms with Gasteiger partial charge in [-0.1, -0.05) is 12.1 Å². The molecule has 1 rings (SSSR count). The maximum Gasteiger partial charge on any atom is 0.248 e. The van der Waals surface area contributed by atoms with Crippen molar-refractivity contribution in [2.24, 2.45) is 16.3 Å². The molecule has 0 aromatic carbocycles. The number of hydrogen-bond donors (Lipinski definition) is 2. The highest BCUT2D eigenvalue weighted by molar-refractivity contribution is 5.86. The summed E-state index contributed by atoms with van der Waals surface area (Å²) in [5.41, 5.74) is 5.06. The Labute approximate surface area is 114 Å².